The van der Waals surface area contributed by atoms with Gasteiger partial charge in [0.05, 0.1) is 10.4 Å². The van der Waals surface area contributed by atoms with Crippen LogP contribution in [0.5, 0.6) is 0 Å². The molecular formula is C35H38N6O3S. The van der Waals surface area contributed by atoms with E-state index in [1.807, 2.05) is 97.9 Å². The Morgan fingerprint density at radius 2 is 1.44 bits per heavy atom. The maximum atomic E-state index is 13.7. The maximum absolute atomic E-state index is 13.7. The smallest absolute Gasteiger partial charge is 0.241 e. The minimum absolute atomic E-state index is 0.0641. The molecule has 232 valence electrons. The van der Waals surface area contributed by atoms with Gasteiger partial charge in [0.1, 0.15) is 11.9 Å². The molecule has 0 aliphatic heterocycles. The van der Waals surface area contributed by atoms with E-state index in [1.54, 1.807) is 18.2 Å². The number of fused-ring (bicyclic) bond motifs is 2. The van der Waals surface area contributed by atoms with Gasteiger partial charge in [0.2, 0.25) is 21.9 Å². The van der Waals surface area contributed by atoms with E-state index in [0.717, 1.165) is 53.4 Å². The largest absolute Gasteiger partial charge is 0.362 e. The lowest BCUT2D eigenvalue weighted by Crippen LogP contribution is -2.51. The zero-order valence-electron chi connectivity index (χ0n) is 25.5. The summed E-state index contributed by atoms with van der Waals surface area (Å²) in [6.07, 6.45) is 3.39. The average Bonchev–Trinajstić information content (AvgIpc) is 3.05. The summed E-state index contributed by atoms with van der Waals surface area (Å²) in [7, 11) is -0.0553. The number of hydrogen-bond donors (Lipinski definition) is 3. The molecule has 1 atom stereocenters. The average molecular weight is 623 g/mol. The van der Waals surface area contributed by atoms with E-state index in [9.17, 15) is 13.2 Å². The Bertz CT molecular complexity index is 1900. The van der Waals surface area contributed by atoms with Crippen LogP contribution in [-0.2, 0) is 21.2 Å². The molecule has 1 aliphatic carbocycles. The molecule has 0 radical (unpaired) electrons. The molecule has 1 aromatic heterocycles. The highest BCUT2D eigenvalue weighted by Gasteiger charge is 2.30. The van der Waals surface area contributed by atoms with Crippen molar-refractivity contribution in [3.63, 3.8) is 0 Å². The van der Waals surface area contributed by atoms with Gasteiger partial charge in [0, 0.05) is 37.0 Å². The molecule has 1 heterocycles. The van der Waals surface area contributed by atoms with Crippen LogP contribution in [0.1, 0.15) is 31.2 Å². The van der Waals surface area contributed by atoms with Crippen LogP contribution in [0.25, 0.3) is 21.7 Å². The molecule has 1 saturated carbocycles. The number of rotatable bonds is 10. The van der Waals surface area contributed by atoms with Crippen molar-refractivity contribution in [1.29, 1.82) is 0 Å². The number of sulfonamides is 1. The van der Waals surface area contributed by atoms with Crippen molar-refractivity contribution in [1.82, 2.24) is 20.0 Å². The fraction of sp³-hybridized carbons (Fsp3) is 0.286. The monoisotopic (exact) mass is 622 g/mol. The lowest BCUT2D eigenvalue weighted by molar-refractivity contribution is -0.123. The number of carbonyl (C=O) groups is 1. The van der Waals surface area contributed by atoms with Gasteiger partial charge >= 0.3 is 0 Å². The van der Waals surface area contributed by atoms with Gasteiger partial charge in [-0.05, 0) is 61.3 Å². The number of amides is 1. The lowest BCUT2D eigenvalue weighted by Gasteiger charge is -2.31. The second-order valence-electron chi connectivity index (χ2n) is 11.8. The maximum Gasteiger partial charge on any atom is 0.241 e. The van der Waals surface area contributed by atoms with E-state index >= 15 is 0 Å². The van der Waals surface area contributed by atoms with E-state index < -0.39 is 16.1 Å². The molecule has 1 aliphatic rings. The van der Waals surface area contributed by atoms with Gasteiger partial charge in [0.15, 0.2) is 0 Å². The van der Waals surface area contributed by atoms with Gasteiger partial charge in [-0.3, -0.25) is 4.79 Å². The number of carbonyl (C=O) groups excluding carboxylic acids is 1. The third-order valence-corrected chi connectivity index (χ3v) is 9.88. The highest BCUT2D eigenvalue weighted by atomic mass is 32.2. The lowest BCUT2D eigenvalue weighted by atomic mass is 9.91. The van der Waals surface area contributed by atoms with Gasteiger partial charge in [-0.2, -0.15) is 9.71 Å². The number of benzene rings is 4. The number of anilines is 2. The highest BCUT2D eigenvalue weighted by molar-refractivity contribution is 7.89. The van der Waals surface area contributed by atoms with Gasteiger partial charge in [0.25, 0.3) is 0 Å². The minimum Gasteiger partial charge on any atom is -0.362 e. The number of nitrogens with one attached hydrogen (secondary N) is 3. The summed E-state index contributed by atoms with van der Waals surface area (Å²) in [5.74, 6) is 1.13. The topological polar surface area (TPSA) is 116 Å². The zero-order valence-corrected chi connectivity index (χ0v) is 26.3. The van der Waals surface area contributed by atoms with E-state index in [0.29, 0.717) is 11.3 Å². The summed E-state index contributed by atoms with van der Waals surface area (Å²) in [4.78, 5) is 25.4. The Morgan fingerprint density at radius 3 is 2.20 bits per heavy atom. The third-order valence-electron chi connectivity index (χ3n) is 8.35. The Morgan fingerprint density at radius 1 is 0.800 bits per heavy atom. The molecule has 9 nitrogen and oxygen atoms in total. The second kappa shape index (κ2) is 13.2. The second-order valence-corrected chi connectivity index (χ2v) is 13.5. The summed E-state index contributed by atoms with van der Waals surface area (Å²) in [5, 5.41) is 9.10. The first-order valence-corrected chi connectivity index (χ1v) is 16.8. The fourth-order valence-corrected chi connectivity index (χ4v) is 7.48. The van der Waals surface area contributed by atoms with Crippen LogP contribution >= 0.6 is 0 Å². The van der Waals surface area contributed by atoms with Gasteiger partial charge in [-0.1, -0.05) is 78.9 Å². The Hall–Kier alpha value is -4.54. The number of aromatic nitrogens is 2. The van der Waals surface area contributed by atoms with Crippen LogP contribution in [0.4, 0.5) is 11.8 Å². The van der Waals surface area contributed by atoms with Crippen molar-refractivity contribution in [2.45, 2.75) is 55.1 Å². The Balaban J connectivity index is 1.14. The molecule has 0 saturated heterocycles. The van der Waals surface area contributed by atoms with Crippen LogP contribution in [0.2, 0.25) is 0 Å². The van der Waals surface area contributed by atoms with Gasteiger partial charge in [-0.25, -0.2) is 13.4 Å². The van der Waals surface area contributed by atoms with Crippen molar-refractivity contribution in [2.75, 3.05) is 24.3 Å². The predicted octanol–water partition coefficient (Wildman–Crippen LogP) is 5.28. The van der Waals surface area contributed by atoms with E-state index in [4.69, 9.17) is 9.97 Å². The molecule has 45 heavy (non-hydrogen) atoms. The van der Waals surface area contributed by atoms with Crippen LogP contribution in [0, 0.1) is 0 Å². The molecule has 0 unspecified atom stereocenters. The van der Waals surface area contributed by atoms with E-state index in [2.05, 4.69) is 15.4 Å². The van der Waals surface area contributed by atoms with E-state index in [1.165, 1.54) is 0 Å². The molecule has 5 aromatic rings. The predicted molar refractivity (Wildman–Crippen MR) is 180 cm³/mol. The molecule has 10 heteroatoms. The SMILES string of the molecule is CN(C)c1nc(N[C@H]2CC[C@@H](NC(=O)[C@H](Cc3ccccc3)NS(=O)(=O)c3cccc4ccccc34)CC2)nc2ccccc12. The highest BCUT2D eigenvalue weighted by Crippen LogP contribution is 2.27. The molecular weight excluding hydrogens is 584 g/mol. The van der Waals surface area contributed by atoms with Crippen molar-refractivity contribution in [3.05, 3.63) is 103 Å². The third kappa shape index (κ3) is 7.08. The molecule has 0 spiro atoms. The molecule has 1 fully saturated rings. The fourth-order valence-electron chi connectivity index (χ4n) is 6.05. The van der Waals surface area contributed by atoms with Crippen molar-refractivity contribution in [2.24, 2.45) is 0 Å². The molecule has 0 bridgehead atoms. The summed E-state index contributed by atoms with van der Waals surface area (Å²) < 4.78 is 30.1. The zero-order chi connectivity index (χ0) is 31.4. The summed E-state index contributed by atoms with van der Waals surface area (Å²) in [6, 6.07) is 29.1. The Labute approximate surface area is 264 Å². The number of nitrogens with zero attached hydrogens (tertiary/aromatic N) is 3. The van der Waals surface area contributed by atoms with Gasteiger partial charge < -0.3 is 15.5 Å². The van der Waals surface area contributed by atoms with Crippen LogP contribution in [0.15, 0.2) is 102 Å². The first kappa shape index (κ1) is 30.5. The van der Waals surface area contributed by atoms with Crippen LogP contribution in [0.3, 0.4) is 0 Å². The van der Waals surface area contributed by atoms with E-state index in [-0.39, 0.29) is 29.3 Å². The quantitative estimate of drug-likeness (QED) is 0.194. The normalized spacial score (nSPS) is 17.6. The van der Waals surface area contributed by atoms with Gasteiger partial charge in [-0.15, -0.1) is 0 Å². The van der Waals surface area contributed by atoms with Crippen molar-refractivity contribution in [3.8, 4) is 0 Å². The summed E-state index contributed by atoms with van der Waals surface area (Å²) in [5.41, 5.74) is 1.76. The number of hydrogen-bond acceptors (Lipinski definition) is 7. The Kier molecular flexibility index (Phi) is 8.95. The first-order chi connectivity index (χ1) is 21.8. The van der Waals surface area contributed by atoms with Crippen LogP contribution in [-0.4, -0.2) is 56.5 Å². The van der Waals surface area contributed by atoms with Crippen molar-refractivity contribution < 1.29 is 13.2 Å². The van der Waals surface area contributed by atoms with Crippen LogP contribution < -0.4 is 20.3 Å². The molecule has 6 rings (SSSR count). The van der Waals surface area contributed by atoms with Crippen molar-refractivity contribution >= 4 is 49.4 Å². The molecule has 4 aromatic carbocycles. The molecule has 3 N–H and O–H groups in total. The summed E-state index contributed by atoms with van der Waals surface area (Å²) >= 11 is 0. The first-order valence-electron chi connectivity index (χ1n) is 15.3. The number of para-hydroxylation sites is 1. The molecule has 1 amide bonds. The standard InChI is InChI=1S/C35H38N6O3S/c1-41(2)33-29-16-8-9-17-30(29)38-35(39-33)37-27-21-19-26(20-22-27)36-34(42)31(23-24-11-4-3-5-12-24)40-45(43,44)32-18-10-14-25-13-6-7-15-28(25)32/h3-18,26-27,31,40H,19-23H2,1-2H3,(H,36,42)(H,37,38,39)/t26-,27+,31-/m0/s1. The summed E-state index contributed by atoms with van der Waals surface area (Å²) in [6.45, 7) is 0. The minimum atomic E-state index is -4.00.